The summed E-state index contributed by atoms with van der Waals surface area (Å²) in [6.45, 7) is 0.769. The zero-order valence-electron chi connectivity index (χ0n) is 14.2. The predicted octanol–water partition coefficient (Wildman–Crippen LogP) is 2.49. The molecule has 2 aromatic rings. The highest BCUT2D eigenvalue weighted by Crippen LogP contribution is 2.28. The van der Waals surface area contributed by atoms with Gasteiger partial charge in [0.1, 0.15) is 5.82 Å². The number of carbonyl (C=O) groups excluding carboxylic acids is 1. The van der Waals surface area contributed by atoms with Gasteiger partial charge in [-0.3, -0.25) is 4.79 Å². The van der Waals surface area contributed by atoms with Crippen molar-refractivity contribution in [3.05, 3.63) is 65.5 Å². The number of amides is 1. The van der Waals surface area contributed by atoms with Crippen LogP contribution >= 0.6 is 0 Å². The molecule has 0 aliphatic heterocycles. The largest absolute Gasteiger partial charge is 0.352 e. The molecule has 0 spiro atoms. The Hall–Kier alpha value is -2.25. The number of hydrogen-bond acceptors (Lipinski definition) is 3. The van der Waals surface area contributed by atoms with Crippen molar-refractivity contribution in [1.29, 1.82) is 0 Å². The third-order valence-electron chi connectivity index (χ3n) is 4.25. The maximum Gasteiger partial charge on any atom is 0.251 e. The van der Waals surface area contributed by atoms with Crippen molar-refractivity contribution in [2.24, 2.45) is 5.92 Å². The van der Waals surface area contributed by atoms with Crippen LogP contribution in [0.4, 0.5) is 4.39 Å². The molecule has 0 unspecified atom stereocenters. The molecule has 1 aliphatic carbocycles. The average Bonchev–Trinajstić information content (AvgIpc) is 3.45. The van der Waals surface area contributed by atoms with E-state index in [9.17, 15) is 17.6 Å². The molecule has 2 N–H and O–H groups in total. The highest BCUT2D eigenvalue weighted by Gasteiger charge is 2.24. The van der Waals surface area contributed by atoms with Gasteiger partial charge < -0.3 is 5.32 Å². The second-order valence-corrected chi connectivity index (χ2v) is 8.23. The fourth-order valence-electron chi connectivity index (χ4n) is 2.55. The summed E-state index contributed by atoms with van der Waals surface area (Å²) in [5, 5.41) is 2.73. The Kier molecular flexibility index (Phi) is 5.68. The maximum absolute atomic E-state index is 13.1. The zero-order valence-corrected chi connectivity index (χ0v) is 15.1. The summed E-state index contributed by atoms with van der Waals surface area (Å²) in [5.74, 6) is -0.245. The van der Waals surface area contributed by atoms with E-state index in [1.807, 2.05) is 0 Å². The van der Waals surface area contributed by atoms with Gasteiger partial charge in [-0.2, -0.15) is 0 Å². The molecule has 7 heteroatoms. The van der Waals surface area contributed by atoms with Crippen LogP contribution in [0, 0.1) is 11.7 Å². The Balaban J connectivity index is 1.58. The molecule has 0 radical (unpaired) electrons. The number of hydrogen-bond donors (Lipinski definition) is 2. The topological polar surface area (TPSA) is 75.3 Å². The first-order valence-corrected chi connectivity index (χ1v) is 10.0. The van der Waals surface area contributed by atoms with Crippen LogP contribution in [0.25, 0.3) is 0 Å². The SMILES string of the molecule is O=C(NCCc1cccc(F)c1)c1cccc(S(=O)(=O)NCC2CC2)c1. The highest BCUT2D eigenvalue weighted by molar-refractivity contribution is 7.89. The molecule has 5 nitrogen and oxygen atoms in total. The molecule has 0 bridgehead atoms. The van der Waals surface area contributed by atoms with E-state index < -0.39 is 10.0 Å². The standard InChI is InChI=1S/C19H21FN2O3S/c20-17-5-1-3-14(11-17)9-10-21-19(23)16-4-2-6-18(12-16)26(24,25)22-13-15-7-8-15/h1-6,11-12,15,22H,7-10,13H2,(H,21,23). The fraction of sp³-hybridized carbons (Fsp3) is 0.316. The van der Waals surface area contributed by atoms with Gasteiger partial charge in [-0.15, -0.1) is 0 Å². The Morgan fingerprint density at radius 3 is 2.62 bits per heavy atom. The van der Waals surface area contributed by atoms with Gasteiger partial charge in [-0.05, 0) is 61.1 Å². The molecule has 1 aliphatic rings. The van der Waals surface area contributed by atoms with Gasteiger partial charge in [0.15, 0.2) is 0 Å². The normalized spacial score (nSPS) is 14.2. The molecule has 1 fully saturated rings. The first-order valence-electron chi connectivity index (χ1n) is 8.56. The van der Waals surface area contributed by atoms with Crippen LogP contribution in [0.1, 0.15) is 28.8 Å². The van der Waals surface area contributed by atoms with E-state index in [-0.39, 0.29) is 22.2 Å². The quantitative estimate of drug-likeness (QED) is 0.743. The zero-order chi connectivity index (χ0) is 18.6. The lowest BCUT2D eigenvalue weighted by Gasteiger charge is -2.09. The van der Waals surface area contributed by atoms with Crippen molar-refractivity contribution in [3.63, 3.8) is 0 Å². The van der Waals surface area contributed by atoms with E-state index in [2.05, 4.69) is 10.0 Å². The smallest absolute Gasteiger partial charge is 0.251 e. The lowest BCUT2D eigenvalue weighted by molar-refractivity contribution is 0.0954. The minimum Gasteiger partial charge on any atom is -0.352 e. The van der Waals surface area contributed by atoms with Crippen molar-refractivity contribution < 1.29 is 17.6 Å². The number of rotatable bonds is 8. The third-order valence-corrected chi connectivity index (χ3v) is 5.67. The summed E-state index contributed by atoms with van der Waals surface area (Å²) in [4.78, 5) is 12.3. The molecule has 26 heavy (non-hydrogen) atoms. The lowest BCUT2D eigenvalue weighted by atomic mass is 10.1. The van der Waals surface area contributed by atoms with E-state index in [4.69, 9.17) is 0 Å². The summed E-state index contributed by atoms with van der Waals surface area (Å²) in [5.41, 5.74) is 1.06. The van der Waals surface area contributed by atoms with Gasteiger partial charge in [0, 0.05) is 18.7 Å². The van der Waals surface area contributed by atoms with Crippen molar-refractivity contribution in [1.82, 2.24) is 10.0 Å². The second-order valence-electron chi connectivity index (χ2n) is 6.46. The molecule has 0 heterocycles. The molecule has 3 rings (SSSR count). The summed E-state index contributed by atoms with van der Waals surface area (Å²) < 4.78 is 40.3. The van der Waals surface area contributed by atoms with Crippen molar-refractivity contribution >= 4 is 15.9 Å². The van der Waals surface area contributed by atoms with E-state index in [1.165, 1.54) is 24.3 Å². The van der Waals surface area contributed by atoms with E-state index in [0.717, 1.165) is 18.4 Å². The van der Waals surface area contributed by atoms with E-state index >= 15 is 0 Å². The van der Waals surface area contributed by atoms with E-state index in [1.54, 1.807) is 24.3 Å². The number of sulfonamides is 1. The minimum absolute atomic E-state index is 0.0796. The third kappa shape index (κ3) is 5.12. The summed E-state index contributed by atoms with van der Waals surface area (Å²) in [6.07, 6.45) is 2.59. The Morgan fingerprint density at radius 2 is 1.88 bits per heavy atom. The first kappa shape index (κ1) is 18.5. The molecule has 1 amide bonds. The minimum atomic E-state index is -3.61. The van der Waals surface area contributed by atoms with Crippen molar-refractivity contribution in [3.8, 4) is 0 Å². The fourth-order valence-corrected chi connectivity index (χ4v) is 3.71. The molecule has 0 aromatic heterocycles. The van der Waals surface area contributed by atoms with Crippen LogP contribution in [-0.2, 0) is 16.4 Å². The van der Waals surface area contributed by atoms with Gasteiger partial charge in [-0.1, -0.05) is 18.2 Å². The van der Waals surface area contributed by atoms with Crippen LogP contribution in [0.15, 0.2) is 53.4 Å². The Bertz CT molecular complexity index is 895. The molecule has 0 atom stereocenters. The molecule has 1 saturated carbocycles. The number of benzene rings is 2. The Labute approximate surface area is 152 Å². The lowest BCUT2D eigenvalue weighted by Crippen LogP contribution is -2.28. The molecule has 2 aromatic carbocycles. The first-order chi connectivity index (χ1) is 12.4. The summed E-state index contributed by atoms with van der Waals surface area (Å²) in [6, 6.07) is 12.1. The van der Waals surface area contributed by atoms with Gasteiger partial charge in [0.05, 0.1) is 4.90 Å². The van der Waals surface area contributed by atoms with Gasteiger partial charge in [0.25, 0.3) is 5.91 Å². The van der Waals surface area contributed by atoms with Crippen LogP contribution in [-0.4, -0.2) is 27.4 Å². The van der Waals surface area contributed by atoms with Gasteiger partial charge >= 0.3 is 0 Å². The predicted molar refractivity (Wildman–Crippen MR) is 96.8 cm³/mol. The van der Waals surface area contributed by atoms with Gasteiger partial charge in [0.2, 0.25) is 10.0 Å². The Morgan fingerprint density at radius 1 is 1.12 bits per heavy atom. The van der Waals surface area contributed by atoms with Crippen LogP contribution in [0.2, 0.25) is 0 Å². The van der Waals surface area contributed by atoms with Crippen molar-refractivity contribution in [2.45, 2.75) is 24.2 Å². The monoisotopic (exact) mass is 376 g/mol. The van der Waals surface area contributed by atoms with E-state index in [0.29, 0.717) is 25.4 Å². The number of carbonyl (C=O) groups is 1. The maximum atomic E-state index is 13.1. The molecular formula is C19H21FN2O3S. The van der Waals surface area contributed by atoms with Crippen molar-refractivity contribution in [2.75, 3.05) is 13.1 Å². The summed E-state index contributed by atoms with van der Waals surface area (Å²) >= 11 is 0. The summed E-state index contributed by atoms with van der Waals surface area (Å²) in [7, 11) is -3.61. The van der Waals surface area contributed by atoms with Crippen LogP contribution < -0.4 is 10.0 Å². The number of halogens is 1. The van der Waals surface area contributed by atoms with Gasteiger partial charge in [-0.25, -0.2) is 17.5 Å². The molecule has 0 saturated heterocycles. The highest BCUT2D eigenvalue weighted by atomic mass is 32.2. The second kappa shape index (κ2) is 7.97. The number of nitrogens with one attached hydrogen (secondary N) is 2. The molecular weight excluding hydrogens is 355 g/mol. The molecule has 138 valence electrons. The van der Waals surface area contributed by atoms with Crippen LogP contribution in [0.3, 0.4) is 0 Å². The average molecular weight is 376 g/mol. The van der Waals surface area contributed by atoms with Crippen LogP contribution in [0.5, 0.6) is 0 Å².